The minimum absolute atomic E-state index is 0.128. The molecule has 2 heterocycles. The maximum absolute atomic E-state index is 13.6. The molecule has 1 aromatic carbocycles. The number of ether oxygens (including phenoxy) is 6. The molecule has 4 aliphatic rings. The van der Waals surface area contributed by atoms with Crippen LogP contribution in [0.1, 0.15) is 92.7 Å². The minimum Gasteiger partial charge on any atom is -0.477 e. The third-order valence-electron chi connectivity index (χ3n) is 8.91. The first-order valence-corrected chi connectivity index (χ1v) is 16.3. The highest BCUT2D eigenvalue weighted by molar-refractivity contribution is 5.87. The number of alkyl carbamates (subject to hydrolysis) is 1. The highest BCUT2D eigenvalue weighted by Crippen LogP contribution is 2.65. The van der Waals surface area contributed by atoms with Crippen LogP contribution in [0, 0.1) is 0 Å². The van der Waals surface area contributed by atoms with Crippen LogP contribution in [0.5, 0.6) is 11.5 Å². The SMILES string of the molecule is CN1CC[C@]23c4c5ccc(OC(=O)OC(C)(C)C)c4O[C@H]2C(OC(=O)C[C@H](NC(=O)OC(C)(C)C)C(=O)OC(C)(C)C)=CC[C@@]3(O)[C@@H]1C5. The number of likely N-dealkylation sites (N-methyl/N-ethyl adjacent to an activating group) is 1. The number of nitrogens with zero attached hydrogens (tertiary/aromatic N) is 1. The lowest BCUT2D eigenvalue weighted by atomic mass is 9.50. The van der Waals surface area contributed by atoms with Crippen molar-refractivity contribution >= 4 is 24.2 Å². The normalized spacial score (nSPS) is 26.6. The number of piperidine rings is 1. The molecule has 48 heavy (non-hydrogen) atoms. The van der Waals surface area contributed by atoms with Gasteiger partial charge in [0, 0.05) is 18.0 Å². The topological polar surface area (TPSA) is 159 Å². The molecule has 1 amide bonds. The predicted octanol–water partition coefficient (Wildman–Crippen LogP) is 4.45. The molecule has 264 valence electrons. The van der Waals surface area contributed by atoms with E-state index in [2.05, 4.69) is 10.2 Å². The smallest absolute Gasteiger partial charge is 0.477 e. The largest absolute Gasteiger partial charge is 0.514 e. The van der Waals surface area contributed by atoms with Crippen LogP contribution in [0.3, 0.4) is 0 Å². The van der Waals surface area contributed by atoms with Crippen molar-refractivity contribution in [3.05, 3.63) is 35.1 Å². The van der Waals surface area contributed by atoms with Gasteiger partial charge in [-0.25, -0.2) is 14.4 Å². The van der Waals surface area contributed by atoms with Gasteiger partial charge in [0.1, 0.15) is 28.6 Å². The Labute approximate surface area is 281 Å². The first kappa shape index (κ1) is 35.5. The van der Waals surface area contributed by atoms with Crippen LogP contribution < -0.4 is 14.8 Å². The lowest BCUT2D eigenvalue weighted by Gasteiger charge is -2.61. The zero-order chi connectivity index (χ0) is 35.6. The number of hydrogen-bond donors (Lipinski definition) is 2. The number of benzene rings is 1. The van der Waals surface area contributed by atoms with E-state index in [-0.39, 0.29) is 29.7 Å². The van der Waals surface area contributed by atoms with E-state index in [1.54, 1.807) is 74.5 Å². The Kier molecular flexibility index (Phi) is 8.82. The lowest BCUT2D eigenvalue weighted by Crippen LogP contribution is -2.74. The van der Waals surface area contributed by atoms with Gasteiger partial charge < -0.3 is 43.7 Å². The standard InChI is InChI=1S/C35H48N2O11/c1-31(2,3)46-28(39)20(36-29(40)47-32(4,5)6)18-24(38)43-22-13-14-35(42)23-17-19-11-12-21(44-30(41)48-33(7,8)9)26-25(19)34(35,27(22)45-26)15-16-37(23)10/h11-13,20,23,27,42H,14-18H2,1-10H3,(H,36,40)/t20-,23-,27-,34-,35+/m0/s1. The van der Waals surface area contributed by atoms with E-state index in [0.717, 1.165) is 11.1 Å². The third kappa shape index (κ3) is 6.71. The van der Waals surface area contributed by atoms with Crippen molar-refractivity contribution in [1.29, 1.82) is 0 Å². The zero-order valence-electron chi connectivity index (χ0n) is 29.5. The van der Waals surface area contributed by atoms with Gasteiger partial charge in [0.15, 0.2) is 17.6 Å². The molecule has 0 aromatic heterocycles. The van der Waals surface area contributed by atoms with Gasteiger partial charge in [-0.15, -0.1) is 0 Å². The first-order chi connectivity index (χ1) is 22.0. The van der Waals surface area contributed by atoms with Gasteiger partial charge in [0.2, 0.25) is 0 Å². The number of hydrogen-bond acceptors (Lipinski definition) is 12. The molecule has 2 aliphatic carbocycles. The summed E-state index contributed by atoms with van der Waals surface area (Å²) in [4.78, 5) is 54.1. The molecule has 2 N–H and O–H groups in total. The summed E-state index contributed by atoms with van der Waals surface area (Å²) >= 11 is 0. The van der Waals surface area contributed by atoms with Crippen molar-refractivity contribution < 1.29 is 52.7 Å². The van der Waals surface area contributed by atoms with Gasteiger partial charge >= 0.3 is 24.2 Å². The third-order valence-corrected chi connectivity index (χ3v) is 8.91. The van der Waals surface area contributed by atoms with E-state index < -0.39 is 70.6 Å². The molecule has 1 saturated heterocycles. The summed E-state index contributed by atoms with van der Waals surface area (Å²) in [6, 6.07) is 1.86. The number of carbonyl (C=O) groups excluding carboxylic acids is 4. The quantitative estimate of drug-likeness (QED) is 0.249. The number of nitrogens with one attached hydrogen (secondary N) is 1. The second kappa shape index (κ2) is 11.9. The average Bonchev–Trinajstić information content (AvgIpc) is 3.26. The van der Waals surface area contributed by atoms with Gasteiger partial charge in [-0.3, -0.25) is 4.79 Å². The molecule has 5 rings (SSSR count). The van der Waals surface area contributed by atoms with Crippen LogP contribution in [0.2, 0.25) is 0 Å². The number of esters is 2. The van der Waals surface area contributed by atoms with Crippen molar-refractivity contribution in [2.75, 3.05) is 13.6 Å². The second-order valence-electron chi connectivity index (χ2n) is 16.1. The fraction of sp³-hybridized carbons (Fsp3) is 0.657. The average molecular weight is 673 g/mol. The Morgan fingerprint density at radius 3 is 2.25 bits per heavy atom. The van der Waals surface area contributed by atoms with Crippen LogP contribution >= 0.6 is 0 Å². The Balaban J connectivity index is 1.45. The molecule has 1 fully saturated rings. The molecule has 13 heteroatoms. The number of carbonyl (C=O) groups is 4. The molecule has 2 aliphatic heterocycles. The molecular formula is C35H48N2O11. The molecule has 0 saturated carbocycles. The Morgan fingerprint density at radius 2 is 1.62 bits per heavy atom. The Morgan fingerprint density at radius 1 is 0.979 bits per heavy atom. The summed E-state index contributed by atoms with van der Waals surface area (Å²) < 4.78 is 34.3. The second-order valence-corrected chi connectivity index (χ2v) is 16.1. The van der Waals surface area contributed by atoms with Gasteiger partial charge in [-0.05, 0) is 106 Å². The van der Waals surface area contributed by atoms with E-state index in [1.165, 1.54) is 0 Å². The summed E-state index contributed by atoms with van der Waals surface area (Å²) in [5, 5.41) is 15.0. The molecule has 2 bridgehead atoms. The number of amides is 1. The van der Waals surface area contributed by atoms with Crippen molar-refractivity contribution in [3.63, 3.8) is 0 Å². The monoisotopic (exact) mass is 672 g/mol. The Bertz CT molecular complexity index is 1530. The molecular weight excluding hydrogens is 624 g/mol. The van der Waals surface area contributed by atoms with E-state index in [4.69, 9.17) is 28.4 Å². The van der Waals surface area contributed by atoms with Gasteiger partial charge in [-0.2, -0.15) is 0 Å². The highest BCUT2D eigenvalue weighted by atomic mass is 16.7. The summed E-state index contributed by atoms with van der Waals surface area (Å²) in [5.41, 5.74) is -3.19. The van der Waals surface area contributed by atoms with Crippen molar-refractivity contribution in [1.82, 2.24) is 10.2 Å². The van der Waals surface area contributed by atoms with Gasteiger partial charge in [0.05, 0.1) is 17.4 Å². The number of rotatable bonds is 6. The van der Waals surface area contributed by atoms with Crippen molar-refractivity contribution in [2.45, 2.75) is 134 Å². The fourth-order valence-corrected chi connectivity index (χ4v) is 7.22. The summed E-state index contributed by atoms with van der Waals surface area (Å²) in [6.07, 6.45) is -0.516. The molecule has 5 atom stereocenters. The van der Waals surface area contributed by atoms with Crippen LogP contribution in [0.4, 0.5) is 9.59 Å². The summed E-state index contributed by atoms with van der Waals surface area (Å²) in [7, 11) is 1.97. The fourth-order valence-electron chi connectivity index (χ4n) is 7.22. The Hall–Kier alpha value is -3.84. The van der Waals surface area contributed by atoms with Gasteiger partial charge in [0.25, 0.3) is 0 Å². The molecule has 1 spiro atoms. The molecule has 1 aromatic rings. The minimum atomic E-state index is -1.41. The number of aliphatic hydroxyl groups is 1. The van der Waals surface area contributed by atoms with E-state index >= 15 is 0 Å². The van der Waals surface area contributed by atoms with Crippen molar-refractivity contribution in [2.24, 2.45) is 0 Å². The van der Waals surface area contributed by atoms with E-state index in [0.29, 0.717) is 19.4 Å². The molecule has 13 nitrogen and oxygen atoms in total. The van der Waals surface area contributed by atoms with Crippen LogP contribution in [0.25, 0.3) is 0 Å². The zero-order valence-corrected chi connectivity index (χ0v) is 29.5. The maximum Gasteiger partial charge on any atom is 0.514 e. The summed E-state index contributed by atoms with van der Waals surface area (Å²) in [5.74, 6) is -1.10. The first-order valence-electron chi connectivity index (χ1n) is 16.3. The van der Waals surface area contributed by atoms with Gasteiger partial charge in [-0.1, -0.05) is 6.07 Å². The van der Waals surface area contributed by atoms with Crippen LogP contribution in [-0.4, -0.2) is 88.4 Å². The maximum atomic E-state index is 13.6. The molecule has 0 unspecified atom stereocenters. The number of likely N-dealkylation sites (tertiary alicyclic amines) is 1. The van der Waals surface area contributed by atoms with E-state index in [1.807, 2.05) is 13.1 Å². The van der Waals surface area contributed by atoms with Crippen LogP contribution in [-0.2, 0) is 40.4 Å². The highest BCUT2D eigenvalue weighted by Gasteiger charge is 2.72. The van der Waals surface area contributed by atoms with E-state index in [9.17, 15) is 24.3 Å². The predicted molar refractivity (Wildman–Crippen MR) is 171 cm³/mol. The molecule has 0 radical (unpaired) electrons. The lowest BCUT2D eigenvalue weighted by molar-refractivity contribution is -0.170. The van der Waals surface area contributed by atoms with Crippen LogP contribution in [0.15, 0.2) is 24.0 Å². The summed E-state index contributed by atoms with van der Waals surface area (Å²) in [6.45, 7) is 15.8. The van der Waals surface area contributed by atoms with Crippen molar-refractivity contribution in [3.8, 4) is 11.5 Å².